The Morgan fingerprint density at radius 2 is 2.50 bits per heavy atom. The molecule has 1 fully saturated rings. The van der Waals surface area contributed by atoms with Crippen LogP contribution in [0.2, 0.25) is 0 Å². The number of hydrogen-bond acceptors (Lipinski definition) is 6. The summed E-state index contributed by atoms with van der Waals surface area (Å²) in [5.74, 6) is 0.767. The van der Waals surface area contributed by atoms with Crippen molar-refractivity contribution in [1.82, 2.24) is 10.2 Å². The molecule has 0 amide bonds. The van der Waals surface area contributed by atoms with Gasteiger partial charge in [0.05, 0.1) is 31.7 Å². The first-order chi connectivity index (χ1) is 9.74. The summed E-state index contributed by atoms with van der Waals surface area (Å²) in [6.45, 7) is 4.62. The van der Waals surface area contributed by atoms with Crippen LogP contribution < -0.4 is 5.32 Å². The van der Waals surface area contributed by atoms with Gasteiger partial charge in [-0.15, -0.1) is 0 Å². The quantitative estimate of drug-likeness (QED) is 0.704. The molecule has 2 heterocycles. The average Bonchev–Trinajstić information content (AvgIpc) is 2.92. The Kier molecular flexibility index (Phi) is 6.49. The van der Waals surface area contributed by atoms with Gasteiger partial charge >= 0.3 is 0 Å². The topological polar surface area (TPSA) is 67.1 Å². The molecule has 114 valence electrons. The number of nitrogens with zero attached hydrogens (tertiary/aromatic N) is 1. The van der Waals surface area contributed by atoms with Gasteiger partial charge in [-0.1, -0.05) is 0 Å². The third-order valence-corrected chi connectivity index (χ3v) is 3.23. The number of rotatable bonds is 8. The highest BCUT2D eigenvalue weighted by molar-refractivity contribution is 4.96. The molecule has 1 aromatic rings. The lowest BCUT2D eigenvalue weighted by molar-refractivity contribution is -0.0214. The Balaban J connectivity index is 1.50. The normalized spacial score (nSPS) is 22.0. The van der Waals surface area contributed by atoms with E-state index in [4.69, 9.17) is 13.9 Å². The molecule has 2 rings (SSSR count). The van der Waals surface area contributed by atoms with Crippen LogP contribution in [0.3, 0.4) is 0 Å². The molecule has 0 aromatic carbocycles. The van der Waals surface area contributed by atoms with Gasteiger partial charge in [0, 0.05) is 26.2 Å². The molecule has 0 aliphatic carbocycles. The van der Waals surface area contributed by atoms with Crippen LogP contribution >= 0.6 is 0 Å². The van der Waals surface area contributed by atoms with Crippen LogP contribution in [-0.4, -0.2) is 68.7 Å². The van der Waals surface area contributed by atoms with E-state index in [1.54, 1.807) is 6.26 Å². The van der Waals surface area contributed by atoms with E-state index < -0.39 is 6.10 Å². The Morgan fingerprint density at radius 1 is 1.60 bits per heavy atom. The van der Waals surface area contributed by atoms with Crippen molar-refractivity contribution in [2.75, 3.05) is 46.4 Å². The predicted molar refractivity (Wildman–Crippen MR) is 74.5 cm³/mol. The largest absolute Gasteiger partial charge is 0.467 e. The molecule has 0 radical (unpaired) electrons. The summed E-state index contributed by atoms with van der Waals surface area (Å²) in [5, 5.41) is 13.0. The molecule has 0 unspecified atom stereocenters. The number of nitrogens with one attached hydrogen (secondary N) is 1. The third-order valence-electron chi connectivity index (χ3n) is 3.23. The molecular weight excluding hydrogens is 260 g/mol. The van der Waals surface area contributed by atoms with Crippen LogP contribution in [0, 0.1) is 0 Å². The highest BCUT2D eigenvalue weighted by Gasteiger charge is 2.17. The van der Waals surface area contributed by atoms with Gasteiger partial charge in [-0.3, -0.25) is 0 Å². The summed E-state index contributed by atoms with van der Waals surface area (Å²) >= 11 is 0. The second kappa shape index (κ2) is 8.39. The summed E-state index contributed by atoms with van der Waals surface area (Å²) in [6, 6.07) is 3.67. The van der Waals surface area contributed by atoms with Crippen molar-refractivity contribution in [3.63, 3.8) is 0 Å². The molecule has 1 saturated heterocycles. The van der Waals surface area contributed by atoms with Crippen LogP contribution in [0.15, 0.2) is 22.8 Å². The van der Waals surface area contributed by atoms with E-state index in [-0.39, 0.29) is 6.10 Å². The minimum Gasteiger partial charge on any atom is -0.467 e. The fourth-order valence-electron chi connectivity index (χ4n) is 2.15. The minimum atomic E-state index is -0.522. The van der Waals surface area contributed by atoms with Gasteiger partial charge in [-0.2, -0.15) is 0 Å². The lowest BCUT2D eigenvalue weighted by Crippen LogP contribution is -2.46. The van der Waals surface area contributed by atoms with Gasteiger partial charge in [0.25, 0.3) is 0 Å². The van der Waals surface area contributed by atoms with E-state index >= 15 is 0 Å². The lowest BCUT2D eigenvalue weighted by atomic mass is 10.2. The summed E-state index contributed by atoms with van der Waals surface area (Å²) in [7, 11) is 2.09. The number of morpholine rings is 1. The van der Waals surface area contributed by atoms with E-state index in [1.807, 2.05) is 12.1 Å². The highest BCUT2D eigenvalue weighted by atomic mass is 16.5. The predicted octanol–water partition coefficient (Wildman–Crippen LogP) is 0.0773. The minimum absolute atomic E-state index is 0.199. The van der Waals surface area contributed by atoms with Crippen LogP contribution in [0.5, 0.6) is 0 Å². The van der Waals surface area contributed by atoms with Gasteiger partial charge in [0.15, 0.2) is 0 Å². The van der Waals surface area contributed by atoms with E-state index in [1.165, 1.54) is 0 Å². The molecule has 2 atom stereocenters. The number of aliphatic hydroxyl groups is 1. The maximum atomic E-state index is 9.79. The van der Waals surface area contributed by atoms with E-state index in [0.29, 0.717) is 19.8 Å². The van der Waals surface area contributed by atoms with Gasteiger partial charge in [0.1, 0.15) is 12.4 Å². The van der Waals surface area contributed by atoms with Gasteiger partial charge in [-0.05, 0) is 19.2 Å². The molecule has 1 aromatic heterocycles. The van der Waals surface area contributed by atoms with Crippen LogP contribution in [0.4, 0.5) is 0 Å². The highest BCUT2D eigenvalue weighted by Crippen LogP contribution is 2.03. The van der Waals surface area contributed by atoms with Crippen molar-refractivity contribution in [1.29, 1.82) is 0 Å². The van der Waals surface area contributed by atoms with Crippen LogP contribution in [0.1, 0.15) is 5.76 Å². The standard InChI is InChI=1S/C14H24N2O4/c1-16-4-6-20-14(9-16)8-15-7-12(17)10-18-11-13-3-2-5-19-13/h2-3,5,12,14-15,17H,4,6-11H2,1H3/t12-,14+/m0/s1. The van der Waals surface area contributed by atoms with Crippen molar-refractivity contribution in [3.8, 4) is 0 Å². The molecule has 0 spiro atoms. The lowest BCUT2D eigenvalue weighted by Gasteiger charge is -2.30. The molecular formula is C14H24N2O4. The Hall–Kier alpha value is -0.920. The number of aliphatic hydroxyl groups excluding tert-OH is 1. The fourth-order valence-corrected chi connectivity index (χ4v) is 2.15. The summed E-state index contributed by atoms with van der Waals surface area (Å²) in [5.41, 5.74) is 0. The monoisotopic (exact) mass is 284 g/mol. The summed E-state index contributed by atoms with van der Waals surface area (Å²) < 4.78 is 16.1. The number of hydrogen-bond donors (Lipinski definition) is 2. The first kappa shape index (κ1) is 15.5. The molecule has 1 aliphatic rings. The van der Waals surface area contributed by atoms with E-state index in [0.717, 1.165) is 32.0 Å². The van der Waals surface area contributed by atoms with Crippen LogP contribution in [-0.2, 0) is 16.1 Å². The Bertz CT molecular complexity index is 358. The van der Waals surface area contributed by atoms with Crippen molar-refractivity contribution in [2.45, 2.75) is 18.8 Å². The van der Waals surface area contributed by atoms with Crippen molar-refractivity contribution >= 4 is 0 Å². The Morgan fingerprint density at radius 3 is 3.25 bits per heavy atom. The maximum Gasteiger partial charge on any atom is 0.129 e. The van der Waals surface area contributed by atoms with Gasteiger partial charge in [0.2, 0.25) is 0 Å². The molecule has 1 aliphatic heterocycles. The van der Waals surface area contributed by atoms with Crippen molar-refractivity contribution in [3.05, 3.63) is 24.2 Å². The zero-order valence-electron chi connectivity index (χ0n) is 12.0. The zero-order valence-corrected chi connectivity index (χ0v) is 12.0. The SMILES string of the molecule is CN1CCO[C@H](CNC[C@H](O)COCc2ccco2)C1. The molecule has 0 saturated carbocycles. The number of ether oxygens (including phenoxy) is 2. The van der Waals surface area contributed by atoms with E-state index in [2.05, 4.69) is 17.3 Å². The fraction of sp³-hybridized carbons (Fsp3) is 0.714. The van der Waals surface area contributed by atoms with Gasteiger partial charge < -0.3 is 29.2 Å². The second-order valence-corrected chi connectivity index (χ2v) is 5.16. The second-order valence-electron chi connectivity index (χ2n) is 5.16. The van der Waals surface area contributed by atoms with Crippen molar-refractivity contribution in [2.24, 2.45) is 0 Å². The molecule has 6 heteroatoms. The molecule has 6 nitrogen and oxygen atoms in total. The van der Waals surface area contributed by atoms with Crippen molar-refractivity contribution < 1.29 is 19.0 Å². The maximum absolute atomic E-state index is 9.79. The Labute approximate surface area is 119 Å². The molecule has 0 bridgehead atoms. The number of furan rings is 1. The third kappa shape index (κ3) is 5.60. The first-order valence-corrected chi connectivity index (χ1v) is 7.03. The van der Waals surface area contributed by atoms with Crippen LogP contribution in [0.25, 0.3) is 0 Å². The smallest absolute Gasteiger partial charge is 0.129 e. The summed E-state index contributed by atoms with van der Waals surface area (Å²) in [4.78, 5) is 2.25. The first-order valence-electron chi connectivity index (χ1n) is 7.03. The molecule has 20 heavy (non-hydrogen) atoms. The van der Waals surface area contributed by atoms with Gasteiger partial charge in [-0.25, -0.2) is 0 Å². The number of likely N-dealkylation sites (N-methyl/N-ethyl adjacent to an activating group) is 1. The molecule has 2 N–H and O–H groups in total. The average molecular weight is 284 g/mol. The van der Waals surface area contributed by atoms with E-state index in [9.17, 15) is 5.11 Å². The summed E-state index contributed by atoms with van der Waals surface area (Å²) in [6.07, 6.45) is 1.29. The zero-order chi connectivity index (χ0) is 14.2.